The number of rotatable bonds is 3. The summed E-state index contributed by atoms with van der Waals surface area (Å²) >= 11 is 0. The van der Waals surface area contributed by atoms with E-state index >= 15 is 0 Å². The van der Waals surface area contributed by atoms with Crippen molar-refractivity contribution in [3.8, 4) is 0 Å². The van der Waals surface area contributed by atoms with Crippen LogP contribution in [0.2, 0.25) is 0 Å². The zero-order valence-electron chi connectivity index (χ0n) is 14.4. The van der Waals surface area contributed by atoms with Gasteiger partial charge >= 0.3 is 12.1 Å². The van der Waals surface area contributed by atoms with Crippen molar-refractivity contribution in [1.82, 2.24) is 20.0 Å². The van der Waals surface area contributed by atoms with Crippen LogP contribution in [0.25, 0.3) is 0 Å². The molecule has 1 aliphatic heterocycles. The van der Waals surface area contributed by atoms with Gasteiger partial charge in [0.05, 0.1) is 6.34 Å². The first-order chi connectivity index (χ1) is 10.7. The van der Waals surface area contributed by atoms with Crippen LogP contribution in [-0.2, 0) is 4.74 Å². The van der Waals surface area contributed by atoms with Gasteiger partial charge in [-0.05, 0) is 33.6 Å². The SMILES string of the molecule is CN(C)/C=N/c1nnc(C2CCN(C(=O)OC(C)(C)C)CC2)o1. The van der Waals surface area contributed by atoms with Crippen LogP contribution < -0.4 is 0 Å². The zero-order chi connectivity index (χ0) is 17.0. The molecule has 2 heterocycles. The predicted octanol–water partition coefficient (Wildman–Crippen LogP) is 2.41. The first-order valence-electron chi connectivity index (χ1n) is 7.76. The highest BCUT2D eigenvalue weighted by molar-refractivity contribution is 5.68. The second-order valence-electron chi connectivity index (χ2n) is 6.87. The molecule has 1 aliphatic rings. The maximum Gasteiger partial charge on any atom is 0.410 e. The molecule has 0 aliphatic carbocycles. The second-order valence-corrected chi connectivity index (χ2v) is 6.87. The number of nitrogens with zero attached hydrogens (tertiary/aromatic N) is 5. The molecule has 0 saturated carbocycles. The molecule has 2 rings (SSSR count). The van der Waals surface area contributed by atoms with Gasteiger partial charge in [-0.15, -0.1) is 5.10 Å². The molecule has 1 aromatic rings. The molecule has 0 N–H and O–H groups in total. The van der Waals surface area contributed by atoms with Gasteiger partial charge in [-0.2, -0.15) is 4.99 Å². The molecule has 0 spiro atoms. The third kappa shape index (κ3) is 5.22. The summed E-state index contributed by atoms with van der Waals surface area (Å²) in [6, 6.07) is 0.253. The van der Waals surface area contributed by atoms with Crippen LogP contribution in [-0.4, -0.2) is 65.2 Å². The van der Waals surface area contributed by atoms with Crippen LogP contribution in [0.3, 0.4) is 0 Å². The normalized spacial score (nSPS) is 16.8. The molecule has 0 atom stereocenters. The Labute approximate surface area is 136 Å². The number of ether oxygens (including phenoxy) is 1. The van der Waals surface area contributed by atoms with Crippen molar-refractivity contribution < 1.29 is 13.9 Å². The minimum absolute atomic E-state index is 0.157. The van der Waals surface area contributed by atoms with E-state index in [2.05, 4.69) is 15.2 Å². The lowest BCUT2D eigenvalue weighted by Crippen LogP contribution is -2.41. The van der Waals surface area contributed by atoms with E-state index in [1.807, 2.05) is 34.9 Å². The molecule has 8 nitrogen and oxygen atoms in total. The first-order valence-corrected chi connectivity index (χ1v) is 7.76. The lowest BCUT2D eigenvalue weighted by atomic mass is 9.97. The van der Waals surface area contributed by atoms with E-state index in [4.69, 9.17) is 9.15 Å². The molecule has 128 valence electrons. The number of hydrogen-bond donors (Lipinski definition) is 0. The van der Waals surface area contributed by atoms with Crippen molar-refractivity contribution in [2.45, 2.75) is 45.1 Å². The molecule has 0 radical (unpaired) electrons. The first kappa shape index (κ1) is 17.2. The number of carbonyl (C=O) groups is 1. The highest BCUT2D eigenvalue weighted by Gasteiger charge is 2.29. The lowest BCUT2D eigenvalue weighted by Gasteiger charge is -2.32. The molecule has 0 unspecified atom stereocenters. The maximum absolute atomic E-state index is 12.0. The van der Waals surface area contributed by atoms with Crippen molar-refractivity contribution in [2.75, 3.05) is 27.2 Å². The van der Waals surface area contributed by atoms with Crippen LogP contribution in [0.15, 0.2) is 9.41 Å². The summed E-state index contributed by atoms with van der Waals surface area (Å²) in [6.45, 7) is 6.85. The third-order valence-corrected chi connectivity index (χ3v) is 3.32. The maximum atomic E-state index is 12.0. The van der Waals surface area contributed by atoms with Gasteiger partial charge in [0.15, 0.2) is 0 Å². The summed E-state index contributed by atoms with van der Waals surface area (Å²) in [4.78, 5) is 19.6. The Morgan fingerprint density at radius 1 is 1.35 bits per heavy atom. The highest BCUT2D eigenvalue weighted by Crippen LogP contribution is 2.29. The fraction of sp³-hybridized carbons (Fsp3) is 0.733. The van der Waals surface area contributed by atoms with Gasteiger partial charge < -0.3 is 19.0 Å². The van der Waals surface area contributed by atoms with E-state index in [1.165, 1.54) is 0 Å². The third-order valence-electron chi connectivity index (χ3n) is 3.32. The Bertz CT molecular complexity index is 554. The summed E-state index contributed by atoms with van der Waals surface area (Å²) in [6.07, 6.45) is 2.90. The van der Waals surface area contributed by atoms with Crippen LogP contribution in [0, 0.1) is 0 Å². The number of aliphatic imine (C=N–C) groups is 1. The zero-order valence-corrected chi connectivity index (χ0v) is 14.4. The van der Waals surface area contributed by atoms with Crippen LogP contribution >= 0.6 is 0 Å². The Hall–Kier alpha value is -2.12. The number of likely N-dealkylation sites (tertiary alicyclic amines) is 1. The molecule has 1 saturated heterocycles. The lowest BCUT2D eigenvalue weighted by molar-refractivity contribution is 0.0199. The molecule has 8 heteroatoms. The Morgan fingerprint density at radius 3 is 2.57 bits per heavy atom. The summed E-state index contributed by atoms with van der Waals surface area (Å²) < 4.78 is 11.0. The van der Waals surface area contributed by atoms with Gasteiger partial charge in [-0.3, -0.25) is 0 Å². The predicted molar refractivity (Wildman–Crippen MR) is 85.9 cm³/mol. The average molecular weight is 323 g/mol. The van der Waals surface area contributed by atoms with E-state index in [1.54, 1.807) is 16.1 Å². The Kier molecular flexibility index (Phi) is 5.23. The largest absolute Gasteiger partial charge is 0.444 e. The van der Waals surface area contributed by atoms with Crippen LogP contribution in [0.4, 0.5) is 10.8 Å². The quantitative estimate of drug-likeness (QED) is 0.627. The average Bonchev–Trinajstić information content (AvgIpc) is 2.92. The van der Waals surface area contributed by atoms with Crippen molar-refractivity contribution in [3.05, 3.63) is 5.89 Å². The van der Waals surface area contributed by atoms with E-state index < -0.39 is 5.60 Å². The second kappa shape index (κ2) is 6.97. The monoisotopic (exact) mass is 323 g/mol. The molecule has 1 fully saturated rings. The van der Waals surface area contributed by atoms with Gasteiger partial charge in [0.1, 0.15) is 5.60 Å². The fourth-order valence-electron chi connectivity index (χ4n) is 2.24. The van der Waals surface area contributed by atoms with E-state index in [0.717, 1.165) is 12.8 Å². The minimum Gasteiger partial charge on any atom is -0.444 e. The van der Waals surface area contributed by atoms with Crippen molar-refractivity contribution in [3.63, 3.8) is 0 Å². The molecule has 0 bridgehead atoms. The minimum atomic E-state index is -0.472. The summed E-state index contributed by atoms with van der Waals surface area (Å²) in [5, 5.41) is 7.98. The molecule has 1 aromatic heterocycles. The molecular weight excluding hydrogens is 298 g/mol. The Morgan fingerprint density at radius 2 is 2.00 bits per heavy atom. The Balaban J connectivity index is 1.88. The molecule has 1 amide bonds. The smallest absolute Gasteiger partial charge is 0.410 e. The van der Waals surface area contributed by atoms with Crippen LogP contribution in [0.5, 0.6) is 0 Å². The number of carbonyl (C=O) groups excluding carboxylic acids is 1. The van der Waals surface area contributed by atoms with Crippen molar-refractivity contribution in [2.24, 2.45) is 4.99 Å². The standard InChI is InChI=1S/C15H25N5O3/c1-15(2,3)23-14(21)20-8-6-11(7-9-20)12-17-18-13(22-12)16-10-19(4)5/h10-11H,6-9H2,1-5H3/b16-10+. The number of hydrogen-bond acceptors (Lipinski definition) is 6. The summed E-state index contributed by atoms with van der Waals surface area (Å²) in [7, 11) is 3.74. The van der Waals surface area contributed by atoms with Crippen molar-refractivity contribution in [1.29, 1.82) is 0 Å². The van der Waals surface area contributed by atoms with Gasteiger partial charge in [-0.1, -0.05) is 5.10 Å². The molecule has 23 heavy (non-hydrogen) atoms. The topological polar surface area (TPSA) is 84.1 Å². The number of piperidine rings is 1. The summed E-state index contributed by atoms with van der Waals surface area (Å²) in [5.41, 5.74) is -0.472. The summed E-state index contributed by atoms with van der Waals surface area (Å²) in [5.74, 6) is 0.740. The molecule has 0 aromatic carbocycles. The van der Waals surface area contributed by atoms with Gasteiger partial charge in [-0.25, -0.2) is 4.79 Å². The fourth-order valence-corrected chi connectivity index (χ4v) is 2.24. The molecular formula is C15H25N5O3. The van der Waals surface area contributed by atoms with Crippen molar-refractivity contribution >= 4 is 18.4 Å². The van der Waals surface area contributed by atoms with Gasteiger partial charge in [0.25, 0.3) is 0 Å². The number of aromatic nitrogens is 2. The van der Waals surface area contributed by atoms with Crippen LogP contribution in [0.1, 0.15) is 45.4 Å². The van der Waals surface area contributed by atoms with Gasteiger partial charge in [0.2, 0.25) is 5.89 Å². The van der Waals surface area contributed by atoms with E-state index in [-0.39, 0.29) is 18.0 Å². The number of amides is 1. The highest BCUT2D eigenvalue weighted by atomic mass is 16.6. The van der Waals surface area contributed by atoms with Gasteiger partial charge in [0, 0.05) is 33.1 Å². The van der Waals surface area contributed by atoms with E-state index in [9.17, 15) is 4.79 Å². The van der Waals surface area contributed by atoms with E-state index in [0.29, 0.717) is 19.0 Å².